The number of benzene rings is 2. The summed E-state index contributed by atoms with van der Waals surface area (Å²) >= 11 is 6.04. The summed E-state index contributed by atoms with van der Waals surface area (Å²) in [5, 5.41) is 0.492. The Labute approximate surface area is 147 Å². The summed E-state index contributed by atoms with van der Waals surface area (Å²) in [6.07, 6.45) is 1.74. The van der Waals surface area contributed by atoms with Crippen molar-refractivity contribution in [1.29, 1.82) is 0 Å². The number of rotatable bonds is 6. The number of ether oxygens (including phenoxy) is 1. The van der Waals surface area contributed by atoms with E-state index in [1.54, 1.807) is 18.5 Å². The SMILES string of the molecule is Cc1cc(C(=O)COc2ccccc2Cl)c(C)cc1/N=C\N(C)C. The minimum absolute atomic E-state index is 0.0513. The Morgan fingerprint density at radius 3 is 2.58 bits per heavy atom. The van der Waals surface area contributed by atoms with Crippen LogP contribution in [0.2, 0.25) is 5.02 Å². The molecule has 0 fully saturated rings. The van der Waals surface area contributed by atoms with E-state index in [-0.39, 0.29) is 12.4 Å². The van der Waals surface area contributed by atoms with Crippen LogP contribution in [0, 0.1) is 13.8 Å². The van der Waals surface area contributed by atoms with E-state index in [0.29, 0.717) is 16.3 Å². The summed E-state index contributed by atoms with van der Waals surface area (Å²) in [5.74, 6) is 0.424. The fourth-order valence-corrected chi connectivity index (χ4v) is 2.39. The van der Waals surface area contributed by atoms with Gasteiger partial charge in [0.05, 0.1) is 17.0 Å². The number of aryl methyl sites for hydroxylation is 2. The second-order valence-corrected chi connectivity index (χ2v) is 6.21. The topological polar surface area (TPSA) is 41.9 Å². The van der Waals surface area contributed by atoms with Crippen molar-refractivity contribution in [2.45, 2.75) is 13.8 Å². The predicted octanol–water partition coefficient (Wildman–Crippen LogP) is 4.44. The number of hydrogen-bond acceptors (Lipinski definition) is 3. The molecule has 2 aromatic rings. The van der Waals surface area contributed by atoms with Crippen LogP contribution in [0.25, 0.3) is 0 Å². The number of ketones is 1. The van der Waals surface area contributed by atoms with Gasteiger partial charge in [-0.3, -0.25) is 4.79 Å². The first-order chi connectivity index (χ1) is 11.4. The molecule has 0 saturated carbocycles. The third-order valence-electron chi connectivity index (χ3n) is 3.47. The Hall–Kier alpha value is -2.33. The highest BCUT2D eigenvalue weighted by Gasteiger charge is 2.13. The fraction of sp³-hybridized carbons (Fsp3) is 0.263. The molecule has 0 radical (unpaired) electrons. The van der Waals surface area contributed by atoms with Crippen LogP contribution in [-0.2, 0) is 0 Å². The molecule has 0 aliphatic carbocycles. The van der Waals surface area contributed by atoms with Crippen LogP contribution < -0.4 is 4.74 Å². The van der Waals surface area contributed by atoms with Gasteiger partial charge >= 0.3 is 0 Å². The maximum absolute atomic E-state index is 12.5. The minimum atomic E-state index is -0.0846. The van der Waals surface area contributed by atoms with Crippen LogP contribution in [-0.4, -0.2) is 37.7 Å². The Morgan fingerprint density at radius 1 is 1.21 bits per heavy atom. The molecule has 0 N–H and O–H groups in total. The van der Waals surface area contributed by atoms with Crippen LogP contribution in [0.3, 0.4) is 0 Å². The highest BCUT2D eigenvalue weighted by molar-refractivity contribution is 6.32. The summed E-state index contributed by atoms with van der Waals surface area (Å²) in [6, 6.07) is 10.9. The summed E-state index contributed by atoms with van der Waals surface area (Å²) in [4.78, 5) is 18.7. The van der Waals surface area contributed by atoms with Gasteiger partial charge in [0.25, 0.3) is 0 Å². The summed E-state index contributed by atoms with van der Waals surface area (Å²) in [6.45, 7) is 3.79. The maximum Gasteiger partial charge on any atom is 0.200 e. The molecule has 2 rings (SSSR count). The third kappa shape index (κ3) is 4.59. The molecule has 0 spiro atoms. The number of halogens is 1. The Balaban J connectivity index is 2.15. The van der Waals surface area contributed by atoms with Crippen LogP contribution in [0.15, 0.2) is 41.4 Å². The molecular formula is C19H21ClN2O2. The number of Topliss-reactive ketones (excluding diaryl/α,β-unsaturated/α-hetero) is 1. The highest BCUT2D eigenvalue weighted by Crippen LogP contribution is 2.25. The Morgan fingerprint density at radius 2 is 1.92 bits per heavy atom. The van der Waals surface area contributed by atoms with E-state index in [0.717, 1.165) is 16.8 Å². The lowest BCUT2D eigenvalue weighted by atomic mass is 10.0. The maximum atomic E-state index is 12.5. The molecule has 0 aliphatic heterocycles. The molecule has 0 atom stereocenters. The predicted molar refractivity (Wildman–Crippen MR) is 99.0 cm³/mol. The Kier molecular flexibility index (Phi) is 5.99. The van der Waals surface area contributed by atoms with Gasteiger partial charge in [0, 0.05) is 19.7 Å². The van der Waals surface area contributed by atoms with Gasteiger partial charge in [-0.25, -0.2) is 4.99 Å². The van der Waals surface area contributed by atoms with Crippen LogP contribution in [0.1, 0.15) is 21.5 Å². The van der Waals surface area contributed by atoms with E-state index >= 15 is 0 Å². The van der Waals surface area contributed by atoms with Crippen LogP contribution in [0.4, 0.5) is 5.69 Å². The lowest BCUT2D eigenvalue weighted by Gasteiger charge is -2.11. The van der Waals surface area contributed by atoms with E-state index in [1.165, 1.54) is 0 Å². The zero-order valence-electron chi connectivity index (χ0n) is 14.3. The molecule has 2 aromatic carbocycles. The van der Waals surface area contributed by atoms with Crippen molar-refractivity contribution < 1.29 is 9.53 Å². The van der Waals surface area contributed by atoms with Gasteiger partial charge in [0.15, 0.2) is 12.4 Å². The number of hydrogen-bond donors (Lipinski definition) is 0. The van der Waals surface area contributed by atoms with Crippen molar-refractivity contribution in [3.8, 4) is 5.75 Å². The van der Waals surface area contributed by atoms with Gasteiger partial charge in [-0.1, -0.05) is 23.7 Å². The summed E-state index contributed by atoms with van der Waals surface area (Å²) in [5.41, 5.74) is 3.31. The van der Waals surface area contributed by atoms with E-state index in [2.05, 4.69) is 4.99 Å². The molecule has 5 heteroatoms. The molecule has 0 saturated heterocycles. The molecule has 0 bridgehead atoms. The monoisotopic (exact) mass is 344 g/mol. The standard InChI is InChI=1S/C19H21ClN2O2/c1-13-10-17(21-12-22(3)4)14(2)9-15(13)18(23)11-24-19-8-6-5-7-16(19)20/h5-10,12H,11H2,1-4H3/b21-12-. The van der Waals surface area contributed by atoms with Crippen LogP contribution >= 0.6 is 11.6 Å². The van der Waals surface area contributed by atoms with E-state index in [1.807, 2.05) is 57.1 Å². The molecule has 0 amide bonds. The zero-order valence-corrected chi connectivity index (χ0v) is 15.1. The zero-order chi connectivity index (χ0) is 17.7. The summed E-state index contributed by atoms with van der Waals surface area (Å²) < 4.78 is 5.54. The average molecular weight is 345 g/mol. The first kappa shape index (κ1) is 18.0. The number of carbonyl (C=O) groups is 1. The van der Waals surface area contributed by atoms with Crippen molar-refractivity contribution in [3.05, 3.63) is 58.1 Å². The lowest BCUT2D eigenvalue weighted by Crippen LogP contribution is -2.13. The quantitative estimate of drug-likeness (QED) is 0.442. The number of aliphatic imine (C=N–C) groups is 1. The Bertz CT molecular complexity index is 770. The molecule has 0 heterocycles. The summed E-state index contributed by atoms with van der Waals surface area (Å²) in [7, 11) is 3.82. The third-order valence-corrected chi connectivity index (χ3v) is 3.78. The molecule has 0 aromatic heterocycles. The van der Waals surface area contributed by atoms with E-state index < -0.39 is 0 Å². The fourth-order valence-electron chi connectivity index (χ4n) is 2.20. The van der Waals surface area contributed by atoms with Crippen molar-refractivity contribution in [1.82, 2.24) is 4.90 Å². The van der Waals surface area contributed by atoms with Crippen molar-refractivity contribution >= 4 is 29.4 Å². The largest absolute Gasteiger partial charge is 0.484 e. The van der Waals surface area contributed by atoms with Crippen molar-refractivity contribution in [2.24, 2.45) is 4.99 Å². The second-order valence-electron chi connectivity index (χ2n) is 5.80. The first-order valence-corrected chi connectivity index (χ1v) is 7.98. The molecule has 0 unspecified atom stereocenters. The van der Waals surface area contributed by atoms with Crippen molar-refractivity contribution in [2.75, 3.05) is 20.7 Å². The number of para-hydroxylation sites is 1. The first-order valence-electron chi connectivity index (χ1n) is 7.61. The minimum Gasteiger partial charge on any atom is -0.484 e. The number of nitrogens with zero attached hydrogens (tertiary/aromatic N) is 2. The van der Waals surface area contributed by atoms with Crippen molar-refractivity contribution in [3.63, 3.8) is 0 Å². The van der Waals surface area contributed by atoms with E-state index in [9.17, 15) is 4.79 Å². The molecule has 4 nitrogen and oxygen atoms in total. The van der Waals surface area contributed by atoms with Gasteiger partial charge in [0.2, 0.25) is 0 Å². The molecule has 24 heavy (non-hydrogen) atoms. The molecule has 0 aliphatic rings. The number of carbonyl (C=O) groups excluding carboxylic acids is 1. The van der Waals surface area contributed by atoms with E-state index in [4.69, 9.17) is 16.3 Å². The molecule has 126 valence electrons. The normalized spacial score (nSPS) is 10.9. The van der Waals surface area contributed by atoms with Gasteiger partial charge < -0.3 is 9.64 Å². The van der Waals surface area contributed by atoms with Gasteiger partial charge in [0.1, 0.15) is 5.75 Å². The van der Waals surface area contributed by atoms with Gasteiger partial charge in [-0.15, -0.1) is 0 Å². The smallest absolute Gasteiger partial charge is 0.200 e. The van der Waals surface area contributed by atoms with Crippen LogP contribution in [0.5, 0.6) is 5.75 Å². The molecular weight excluding hydrogens is 324 g/mol. The lowest BCUT2D eigenvalue weighted by molar-refractivity contribution is 0.0921. The van der Waals surface area contributed by atoms with Gasteiger partial charge in [-0.2, -0.15) is 0 Å². The average Bonchev–Trinajstić information content (AvgIpc) is 2.54. The van der Waals surface area contributed by atoms with Gasteiger partial charge in [-0.05, 0) is 49.2 Å². The highest BCUT2D eigenvalue weighted by atomic mass is 35.5. The second kappa shape index (κ2) is 7.97.